The van der Waals surface area contributed by atoms with Gasteiger partial charge in [-0.25, -0.2) is 8.42 Å². The number of fused-ring (bicyclic) bond motifs is 1. The van der Waals surface area contributed by atoms with Gasteiger partial charge in [0, 0.05) is 34.4 Å². The number of pyridine rings is 1. The van der Waals surface area contributed by atoms with Crippen LogP contribution < -0.4 is 4.72 Å². The van der Waals surface area contributed by atoms with Crippen LogP contribution in [0.3, 0.4) is 0 Å². The Morgan fingerprint density at radius 2 is 1.87 bits per heavy atom. The summed E-state index contributed by atoms with van der Waals surface area (Å²) in [6.45, 7) is 1.44. The number of sulfonamides is 1. The van der Waals surface area contributed by atoms with Crippen LogP contribution in [0.1, 0.15) is 17.3 Å². The lowest BCUT2D eigenvalue weighted by molar-refractivity contribution is 0.101. The minimum Gasteiger partial charge on any atom is -0.295 e. The van der Waals surface area contributed by atoms with Crippen LogP contribution in [-0.4, -0.2) is 19.2 Å². The summed E-state index contributed by atoms with van der Waals surface area (Å²) in [5.41, 5.74) is 0.802. The topological polar surface area (TPSA) is 76.1 Å². The van der Waals surface area contributed by atoms with Crippen molar-refractivity contribution in [3.05, 3.63) is 66.5 Å². The molecule has 0 radical (unpaired) electrons. The van der Waals surface area contributed by atoms with Gasteiger partial charge in [-0.3, -0.25) is 14.5 Å². The summed E-state index contributed by atoms with van der Waals surface area (Å²) in [4.78, 5) is 15.6. The fourth-order valence-electron chi connectivity index (χ4n) is 2.34. The molecular formula is C17H14N2O3S. The lowest BCUT2D eigenvalue weighted by atomic mass is 10.1. The van der Waals surface area contributed by atoms with Gasteiger partial charge in [0.2, 0.25) is 0 Å². The number of aromatic nitrogens is 1. The van der Waals surface area contributed by atoms with Gasteiger partial charge in [0.05, 0.1) is 4.90 Å². The number of carbonyl (C=O) groups excluding carboxylic acids is 1. The van der Waals surface area contributed by atoms with E-state index < -0.39 is 10.0 Å². The Labute approximate surface area is 134 Å². The van der Waals surface area contributed by atoms with Gasteiger partial charge in [0.25, 0.3) is 10.0 Å². The lowest BCUT2D eigenvalue weighted by Crippen LogP contribution is -2.13. The molecule has 116 valence electrons. The molecule has 0 aliphatic heterocycles. The minimum atomic E-state index is -3.77. The SMILES string of the molecule is CC(=O)c1cccc(NS(=O)(=O)c2cccc3cnccc23)c1. The Hall–Kier alpha value is -2.73. The molecule has 0 atom stereocenters. The van der Waals surface area contributed by atoms with Gasteiger partial charge >= 0.3 is 0 Å². The van der Waals surface area contributed by atoms with Crippen molar-refractivity contribution in [1.82, 2.24) is 4.98 Å². The molecular weight excluding hydrogens is 312 g/mol. The second kappa shape index (κ2) is 5.81. The maximum Gasteiger partial charge on any atom is 0.262 e. The zero-order chi connectivity index (χ0) is 16.4. The third kappa shape index (κ3) is 3.07. The van der Waals surface area contributed by atoms with Crippen molar-refractivity contribution in [2.75, 3.05) is 4.72 Å². The molecule has 0 spiro atoms. The van der Waals surface area contributed by atoms with Crippen LogP contribution in [0.5, 0.6) is 0 Å². The van der Waals surface area contributed by atoms with E-state index in [0.717, 1.165) is 5.39 Å². The first-order valence-electron chi connectivity index (χ1n) is 6.94. The predicted molar refractivity (Wildman–Crippen MR) is 89.0 cm³/mol. The first-order chi connectivity index (χ1) is 11.0. The first kappa shape index (κ1) is 15.2. The molecule has 0 saturated heterocycles. The highest BCUT2D eigenvalue weighted by Crippen LogP contribution is 2.24. The fraction of sp³-hybridized carbons (Fsp3) is 0.0588. The molecule has 6 heteroatoms. The summed E-state index contributed by atoms with van der Waals surface area (Å²) in [5.74, 6) is -0.123. The summed E-state index contributed by atoms with van der Waals surface area (Å²) >= 11 is 0. The number of rotatable bonds is 4. The number of carbonyl (C=O) groups is 1. The maximum atomic E-state index is 12.7. The minimum absolute atomic E-state index is 0.123. The van der Waals surface area contributed by atoms with E-state index in [4.69, 9.17) is 0 Å². The number of hydrogen-bond acceptors (Lipinski definition) is 4. The first-order valence-corrected chi connectivity index (χ1v) is 8.42. The van der Waals surface area contributed by atoms with Gasteiger partial charge in [0.1, 0.15) is 0 Å². The van der Waals surface area contributed by atoms with Crippen molar-refractivity contribution < 1.29 is 13.2 Å². The molecule has 0 saturated carbocycles. The van der Waals surface area contributed by atoms with Gasteiger partial charge in [0.15, 0.2) is 5.78 Å². The summed E-state index contributed by atoms with van der Waals surface area (Å²) in [6, 6.07) is 13.1. The highest BCUT2D eigenvalue weighted by molar-refractivity contribution is 7.93. The third-order valence-corrected chi connectivity index (χ3v) is 4.89. The molecule has 0 aliphatic rings. The molecule has 3 rings (SSSR count). The average molecular weight is 326 g/mol. The molecule has 0 fully saturated rings. The summed E-state index contributed by atoms with van der Waals surface area (Å²) in [6.07, 6.45) is 3.17. The molecule has 23 heavy (non-hydrogen) atoms. The van der Waals surface area contributed by atoms with E-state index in [1.54, 1.807) is 54.9 Å². The van der Waals surface area contributed by atoms with Crippen LogP contribution in [0.4, 0.5) is 5.69 Å². The molecule has 1 heterocycles. The molecule has 0 aliphatic carbocycles. The van der Waals surface area contributed by atoms with Crippen molar-refractivity contribution in [3.63, 3.8) is 0 Å². The quantitative estimate of drug-likeness (QED) is 0.747. The number of anilines is 1. The number of nitrogens with one attached hydrogen (secondary N) is 1. The van der Waals surface area contributed by atoms with E-state index in [9.17, 15) is 13.2 Å². The smallest absolute Gasteiger partial charge is 0.262 e. The third-order valence-electron chi connectivity index (χ3n) is 3.45. The highest BCUT2D eigenvalue weighted by Gasteiger charge is 2.17. The van der Waals surface area contributed by atoms with E-state index in [0.29, 0.717) is 16.6 Å². The van der Waals surface area contributed by atoms with Gasteiger partial charge in [-0.2, -0.15) is 0 Å². The summed E-state index contributed by atoms with van der Waals surface area (Å²) < 4.78 is 27.9. The normalized spacial score (nSPS) is 11.3. The van der Waals surface area contributed by atoms with Crippen LogP contribution in [0, 0.1) is 0 Å². The van der Waals surface area contributed by atoms with Crippen LogP contribution in [-0.2, 0) is 10.0 Å². The van der Waals surface area contributed by atoms with Gasteiger partial charge in [-0.1, -0.05) is 24.3 Å². The van der Waals surface area contributed by atoms with Crippen molar-refractivity contribution in [1.29, 1.82) is 0 Å². The zero-order valence-electron chi connectivity index (χ0n) is 12.4. The standard InChI is InChI=1S/C17H14N2O3S/c1-12(20)13-4-2-6-15(10-13)19-23(21,22)17-7-3-5-14-11-18-9-8-16(14)17/h2-11,19H,1H3. The van der Waals surface area contributed by atoms with Crippen LogP contribution in [0.2, 0.25) is 0 Å². The van der Waals surface area contributed by atoms with Crippen LogP contribution >= 0.6 is 0 Å². The Bertz CT molecular complexity index is 992. The van der Waals surface area contributed by atoms with Crippen molar-refractivity contribution in [2.24, 2.45) is 0 Å². The number of Topliss-reactive ketones (excluding diaryl/α,β-unsaturated/α-hetero) is 1. The molecule has 1 aromatic heterocycles. The van der Waals surface area contributed by atoms with E-state index in [1.165, 1.54) is 13.0 Å². The summed E-state index contributed by atoms with van der Waals surface area (Å²) in [5, 5.41) is 1.34. The predicted octanol–water partition coefficient (Wildman–Crippen LogP) is 3.24. The molecule has 3 aromatic rings. The molecule has 0 bridgehead atoms. The van der Waals surface area contributed by atoms with Gasteiger partial charge < -0.3 is 0 Å². The molecule has 2 aromatic carbocycles. The van der Waals surface area contributed by atoms with Crippen molar-refractivity contribution >= 4 is 32.3 Å². The Kier molecular flexibility index (Phi) is 3.83. The fourth-order valence-corrected chi connectivity index (χ4v) is 3.62. The second-order valence-corrected chi connectivity index (χ2v) is 6.75. The molecule has 1 N–H and O–H groups in total. The van der Waals surface area contributed by atoms with E-state index in [2.05, 4.69) is 9.71 Å². The Balaban J connectivity index is 2.05. The number of nitrogens with zero attached hydrogens (tertiary/aromatic N) is 1. The average Bonchev–Trinajstić information content (AvgIpc) is 2.54. The van der Waals surface area contributed by atoms with Gasteiger partial charge in [-0.15, -0.1) is 0 Å². The lowest BCUT2D eigenvalue weighted by Gasteiger charge is -2.11. The highest BCUT2D eigenvalue weighted by atomic mass is 32.2. The van der Waals surface area contributed by atoms with E-state index in [-0.39, 0.29) is 10.7 Å². The Morgan fingerprint density at radius 3 is 2.65 bits per heavy atom. The van der Waals surface area contributed by atoms with Crippen molar-refractivity contribution in [3.8, 4) is 0 Å². The van der Waals surface area contributed by atoms with E-state index in [1.807, 2.05) is 0 Å². The number of hydrogen-bond donors (Lipinski definition) is 1. The number of ketones is 1. The molecule has 5 nitrogen and oxygen atoms in total. The van der Waals surface area contributed by atoms with Crippen molar-refractivity contribution in [2.45, 2.75) is 11.8 Å². The van der Waals surface area contributed by atoms with Crippen LogP contribution in [0.15, 0.2) is 65.8 Å². The van der Waals surface area contributed by atoms with Crippen LogP contribution in [0.25, 0.3) is 10.8 Å². The van der Waals surface area contributed by atoms with E-state index >= 15 is 0 Å². The molecule has 0 unspecified atom stereocenters. The largest absolute Gasteiger partial charge is 0.295 e. The molecule has 0 amide bonds. The maximum absolute atomic E-state index is 12.7. The zero-order valence-corrected chi connectivity index (χ0v) is 13.2. The van der Waals surface area contributed by atoms with Gasteiger partial charge in [-0.05, 0) is 31.2 Å². The second-order valence-electron chi connectivity index (χ2n) is 5.10. The Morgan fingerprint density at radius 1 is 1.09 bits per heavy atom. The number of benzene rings is 2. The monoisotopic (exact) mass is 326 g/mol. The summed E-state index contributed by atoms with van der Waals surface area (Å²) in [7, 11) is -3.77.